The second kappa shape index (κ2) is 6.31. The molecule has 2 rings (SSSR count). The number of anilines is 1. The summed E-state index contributed by atoms with van der Waals surface area (Å²) in [5.74, 6) is 0.832. The van der Waals surface area contributed by atoms with Gasteiger partial charge in [-0.05, 0) is 42.0 Å². The Morgan fingerprint density at radius 1 is 1.20 bits per heavy atom. The maximum Gasteiger partial charge on any atom is 0.119 e. The Labute approximate surface area is 124 Å². The molecule has 0 aromatic heterocycles. The van der Waals surface area contributed by atoms with E-state index in [1.54, 1.807) is 19.2 Å². The van der Waals surface area contributed by atoms with Gasteiger partial charge in [-0.25, -0.2) is 0 Å². The summed E-state index contributed by atoms with van der Waals surface area (Å²) in [6.07, 6.45) is 0. The van der Waals surface area contributed by atoms with Crippen LogP contribution in [0.1, 0.15) is 11.1 Å². The summed E-state index contributed by atoms with van der Waals surface area (Å²) in [7, 11) is 3.64. The smallest absolute Gasteiger partial charge is 0.119 e. The SMILES string of the molecule is COc1ccc(N(C)Cc2ccc(C#N)cc2Cl)cc1. The molecule has 0 saturated carbocycles. The lowest BCUT2D eigenvalue weighted by atomic mass is 10.1. The summed E-state index contributed by atoms with van der Waals surface area (Å²) >= 11 is 6.19. The first-order chi connectivity index (χ1) is 9.63. The summed E-state index contributed by atoms with van der Waals surface area (Å²) in [6, 6.07) is 15.3. The average molecular weight is 287 g/mol. The Kier molecular flexibility index (Phi) is 4.49. The molecule has 102 valence electrons. The van der Waals surface area contributed by atoms with Crippen molar-refractivity contribution in [2.45, 2.75) is 6.54 Å². The van der Waals surface area contributed by atoms with Gasteiger partial charge < -0.3 is 9.64 Å². The van der Waals surface area contributed by atoms with Gasteiger partial charge in [0.15, 0.2) is 0 Å². The van der Waals surface area contributed by atoms with Crippen molar-refractivity contribution in [2.75, 3.05) is 19.1 Å². The van der Waals surface area contributed by atoms with E-state index in [2.05, 4.69) is 11.0 Å². The summed E-state index contributed by atoms with van der Waals surface area (Å²) in [5, 5.41) is 9.45. The normalized spacial score (nSPS) is 9.90. The fourth-order valence-electron chi connectivity index (χ4n) is 1.93. The van der Waals surface area contributed by atoms with Crippen molar-refractivity contribution in [3.8, 4) is 11.8 Å². The topological polar surface area (TPSA) is 36.3 Å². The minimum atomic E-state index is 0.575. The quantitative estimate of drug-likeness (QED) is 0.856. The number of benzene rings is 2. The molecule has 0 N–H and O–H groups in total. The van der Waals surface area contributed by atoms with Gasteiger partial charge in [0.2, 0.25) is 0 Å². The number of ether oxygens (including phenoxy) is 1. The molecule has 0 bridgehead atoms. The lowest BCUT2D eigenvalue weighted by molar-refractivity contribution is 0.415. The summed E-state index contributed by atoms with van der Waals surface area (Å²) in [5.41, 5.74) is 2.64. The molecule has 2 aromatic carbocycles. The van der Waals surface area contributed by atoms with E-state index in [1.165, 1.54) is 0 Å². The Bertz CT molecular complexity index is 632. The summed E-state index contributed by atoms with van der Waals surface area (Å²) in [6.45, 7) is 0.677. The molecule has 0 fully saturated rings. The highest BCUT2D eigenvalue weighted by Gasteiger charge is 2.06. The van der Waals surface area contributed by atoms with E-state index in [1.807, 2.05) is 37.4 Å². The standard InChI is InChI=1S/C16H15ClN2O/c1-19(14-5-7-15(20-2)8-6-14)11-13-4-3-12(10-18)9-16(13)17/h3-9H,11H2,1-2H3. The first-order valence-electron chi connectivity index (χ1n) is 6.17. The van der Waals surface area contributed by atoms with E-state index < -0.39 is 0 Å². The van der Waals surface area contributed by atoms with Crippen LogP contribution in [0.3, 0.4) is 0 Å². The molecule has 0 atom stereocenters. The van der Waals surface area contributed by atoms with E-state index in [-0.39, 0.29) is 0 Å². The third-order valence-electron chi connectivity index (χ3n) is 3.10. The van der Waals surface area contributed by atoms with E-state index in [9.17, 15) is 0 Å². The Morgan fingerprint density at radius 2 is 1.90 bits per heavy atom. The highest BCUT2D eigenvalue weighted by molar-refractivity contribution is 6.31. The molecule has 20 heavy (non-hydrogen) atoms. The fraction of sp³-hybridized carbons (Fsp3) is 0.188. The third kappa shape index (κ3) is 3.23. The van der Waals surface area contributed by atoms with Crippen LogP contribution in [0.15, 0.2) is 42.5 Å². The van der Waals surface area contributed by atoms with Crippen molar-refractivity contribution < 1.29 is 4.74 Å². The fourth-order valence-corrected chi connectivity index (χ4v) is 2.17. The molecule has 4 heteroatoms. The van der Waals surface area contributed by atoms with Gasteiger partial charge in [0, 0.05) is 24.3 Å². The second-order valence-electron chi connectivity index (χ2n) is 4.47. The van der Waals surface area contributed by atoms with Gasteiger partial charge in [-0.3, -0.25) is 0 Å². The highest BCUT2D eigenvalue weighted by atomic mass is 35.5. The highest BCUT2D eigenvalue weighted by Crippen LogP contribution is 2.23. The molecule has 0 heterocycles. The van der Waals surface area contributed by atoms with Crippen LogP contribution in [0.4, 0.5) is 5.69 Å². The van der Waals surface area contributed by atoms with Crippen LogP contribution in [0.5, 0.6) is 5.75 Å². The van der Waals surface area contributed by atoms with Crippen LogP contribution >= 0.6 is 11.6 Å². The zero-order valence-corrected chi connectivity index (χ0v) is 12.2. The van der Waals surface area contributed by atoms with Gasteiger partial charge in [-0.15, -0.1) is 0 Å². The zero-order valence-electron chi connectivity index (χ0n) is 11.4. The van der Waals surface area contributed by atoms with Crippen LogP contribution in [0.25, 0.3) is 0 Å². The van der Waals surface area contributed by atoms with Crippen molar-refractivity contribution in [2.24, 2.45) is 0 Å². The van der Waals surface area contributed by atoms with Crippen LogP contribution in [0.2, 0.25) is 5.02 Å². The average Bonchev–Trinajstić information content (AvgIpc) is 2.49. The molecule has 2 aromatic rings. The molecule has 0 aliphatic rings. The van der Waals surface area contributed by atoms with Crippen LogP contribution in [0, 0.1) is 11.3 Å². The first-order valence-corrected chi connectivity index (χ1v) is 6.55. The maximum absolute atomic E-state index is 8.83. The number of hydrogen-bond donors (Lipinski definition) is 0. The Morgan fingerprint density at radius 3 is 2.45 bits per heavy atom. The number of methoxy groups -OCH3 is 1. The van der Waals surface area contributed by atoms with Crippen LogP contribution in [-0.2, 0) is 6.54 Å². The molecule has 0 saturated heterocycles. The van der Waals surface area contributed by atoms with Crippen molar-refractivity contribution >= 4 is 17.3 Å². The number of rotatable bonds is 4. The van der Waals surface area contributed by atoms with E-state index in [4.69, 9.17) is 21.6 Å². The Hall–Kier alpha value is -2.18. The molecule has 3 nitrogen and oxygen atoms in total. The predicted molar refractivity (Wildman–Crippen MR) is 81.3 cm³/mol. The number of halogens is 1. The van der Waals surface area contributed by atoms with Gasteiger partial charge in [0.05, 0.1) is 18.7 Å². The molecule has 0 unspecified atom stereocenters. The molecule has 0 radical (unpaired) electrons. The van der Waals surface area contributed by atoms with Gasteiger partial charge >= 0.3 is 0 Å². The van der Waals surface area contributed by atoms with Gasteiger partial charge in [-0.1, -0.05) is 17.7 Å². The monoisotopic (exact) mass is 286 g/mol. The van der Waals surface area contributed by atoms with Gasteiger partial charge in [0.1, 0.15) is 5.75 Å². The van der Waals surface area contributed by atoms with Gasteiger partial charge in [-0.2, -0.15) is 5.26 Å². The largest absolute Gasteiger partial charge is 0.497 e. The summed E-state index contributed by atoms with van der Waals surface area (Å²) in [4.78, 5) is 2.09. The van der Waals surface area contributed by atoms with Crippen LogP contribution < -0.4 is 9.64 Å². The predicted octanol–water partition coefficient (Wildman–Crippen LogP) is 3.86. The molecule has 0 spiro atoms. The summed E-state index contributed by atoms with van der Waals surface area (Å²) < 4.78 is 5.14. The minimum absolute atomic E-state index is 0.575. The lowest BCUT2D eigenvalue weighted by Crippen LogP contribution is -2.16. The number of nitrogens with zero attached hydrogens (tertiary/aromatic N) is 2. The lowest BCUT2D eigenvalue weighted by Gasteiger charge is -2.20. The maximum atomic E-state index is 8.83. The van der Waals surface area contributed by atoms with E-state index >= 15 is 0 Å². The first kappa shape index (κ1) is 14.2. The molecular formula is C16H15ClN2O. The second-order valence-corrected chi connectivity index (χ2v) is 4.88. The van der Waals surface area contributed by atoms with Crippen LogP contribution in [-0.4, -0.2) is 14.2 Å². The van der Waals surface area contributed by atoms with Crippen molar-refractivity contribution in [3.05, 3.63) is 58.6 Å². The van der Waals surface area contributed by atoms with Gasteiger partial charge in [0.25, 0.3) is 0 Å². The number of hydrogen-bond acceptors (Lipinski definition) is 3. The van der Waals surface area contributed by atoms with Crippen molar-refractivity contribution in [1.29, 1.82) is 5.26 Å². The molecular weight excluding hydrogens is 272 g/mol. The van der Waals surface area contributed by atoms with Crippen molar-refractivity contribution in [3.63, 3.8) is 0 Å². The number of nitriles is 1. The van der Waals surface area contributed by atoms with E-state index in [0.29, 0.717) is 17.1 Å². The molecule has 0 amide bonds. The zero-order chi connectivity index (χ0) is 14.5. The van der Waals surface area contributed by atoms with Crippen molar-refractivity contribution in [1.82, 2.24) is 0 Å². The third-order valence-corrected chi connectivity index (χ3v) is 3.45. The molecule has 0 aliphatic heterocycles. The Balaban J connectivity index is 2.14. The minimum Gasteiger partial charge on any atom is -0.497 e. The van der Waals surface area contributed by atoms with E-state index in [0.717, 1.165) is 17.0 Å². The molecule has 0 aliphatic carbocycles.